The molecule has 3 aromatic heterocycles. The average Bonchev–Trinajstić information content (AvgIpc) is 3.33. The predicted molar refractivity (Wildman–Crippen MR) is 116 cm³/mol. The summed E-state index contributed by atoms with van der Waals surface area (Å²) in [4.78, 5) is 28.1. The third-order valence-corrected chi connectivity index (χ3v) is 7.12. The smallest absolute Gasteiger partial charge is 0.417 e. The Balaban J connectivity index is 1.40. The summed E-state index contributed by atoms with van der Waals surface area (Å²) in [6.45, 7) is 2.54. The number of amides is 1. The van der Waals surface area contributed by atoms with Gasteiger partial charge >= 0.3 is 6.18 Å². The standard InChI is InChI=1S/C23H21F3N4O2S/c1-13-6-7-27-20(19(13)21-28-8-9-33-21)22(31)30-12-14-2-4-16(30)17(10-14)32-18-5-3-15(11-29-18)23(24,25)26/h3,5-9,11,14,16-17H,2,4,10,12H2,1H3/t14-,16+,17-/m1/s1. The number of aromatic nitrogens is 3. The Labute approximate surface area is 192 Å². The van der Waals surface area contributed by atoms with E-state index in [1.807, 2.05) is 23.3 Å². The van der Waals surface area contributed by atoms with Crippen LogP contribution in [0.5, 0.6) is 5.88 Å². The summed E-state index contributed by atoms with van der Waals surface area (Å²) >= 11 is 1.45. The number of hydrogen-bond acceptors (Lipinski definition) is 6. The van der Waals surface area contributed by atoms with E-state index in [1.54, 1.807) is 12.4 Å². The lowest BCUT2D eigenvalue weighted by atomic mass is 9.77. The normalized spacial score (nSPS) is 22.4. The van der Waals surface area contributed by atoms with E-state index in [4.69, 9.17) is 4.74 Å². The molecule has 6 rings (SSSR count). The van der Waals surface area contributed by atoms with E-state index >= 15 is 0 Å². The van der Waals surface area contributed by atoms with Crippen LogP contribution in [0.3, 0.4) is 0 Å². The maximum absolute atomic E-state index is 13.7. The van der Waals surface area contributed by atoms with Crippen LogP contribution in [0.25, 0.3) is 10.6 Å². The highest BCUT2D eigenvalue weighted by Gasteiger charge is 2.45. The molecule has 0 spiro atoms. The first-order valence-corrected chi connectivity index (χ1v) is 11.6. The van der Waals surface area contributed by atoms with Crippen LogP contribution in [0.1, 0.15) is 40.9 Å². The lowest BCUT2D eigenvalue weighted by Crippen LogP contribution is -2.59. The van der Waals surface area contributed by atoms with Crippen molar-refractivity contribution in [1.82, 2.24) is 19.9 Å². The Kier molecular flexibility index (Phi) is 5.55. The SMILES string of the molecule is Cc1ccnc(C(=O)N2C[C@@H]3CC[C@H]2[C@H](Oc2ccc(C(F)(F)F)cn2)C3)c1-c1nccs1. The first kappa shape index (κ1) is 21.8. The molecule has 6 nitrogen and oxygen atoms in total. The van der Waals surface area contributed by atoms with Crippen molar-refractivity contribution in [2.45, 2.75) is 44.5 Å². The van der Waals surface area contributed by atoms with Gasteiger partial charge in [-0.05, 0) is 49.8 Å². The zero-order chi connectivity index (χ0) is 23.2. The molecular weight excluding hydrogens is 453 g/mol. The molecule has 0 unspecified atom stereocenters. The van der Waals surface area contributed by atoms with Gasteiger partial charge in [-0.1, -0.05) is 0 Å². The quantitative estimate of drug-likeness (QED) is 0.532. The fourth-order valence-electron chi connectivity index (χ4n) is 4.74. The van der Waals surface area contributed by atoms with Crippen molar-refractivity contribution in [2.75, 3.05) is 6.54 Å². The van der Waals surface area contributed by atoms with E-state index in [0.29, 0.717) is 12.2 Å². The van der Waals surface area contributed by atoms with Gasteiger partial charge < -0.3 is 9.64 Å². The maximum atomic E-state index is 13.7. The monoisotopic (exact) mass is 474 g/mol. The van der Waals surface area contributed by atoms with Gasteiger partial charge in [0.1, 0.15) is 16.8 Å². The van der Waals surface area contributed by atoms with E-state index < -0.39 is 11.7 Å². The van der Waals surface area contributed by atoms with Gasteiger partial charge in [0.25, 0.3) is 5.91 Å². The Hall–Kier alpha value is -3.01. The third-order valence-electron chi connectivity index (χ3n) is 6.33. The van der Waals surface area contributed by atoms with Crippen LogP contribution in [0, 0.1) is 12.8 Å². The minimum absolute atomic E-state index is 0.130. The lowest BCUT2D eigenvalue weighted by Gasteiger charge is -2.49. The van der Waals surface area contributed by atoms with E-state index in [1.165, 1.54) is 17.4 Å². The molecule has 2 aliphatic heterocycles. The highest BCUT2D eigenvalue weighted by Crippen LogP contribution is 2.39. The minimum atomic E-state index is -4.45. The molecule has 172 valence electrons. The summed E-state index contributed by atoms with van der Waals surface area (Å²) in [5.41, 5.74) is 1.20. The number of carbonyl (C=O) groups is 1. The molecule has 5 heterocycles. The van der Waals surface area contributed by atoms with Crippen LogP contribution in [0.4, 0.5) is 13.2 Å². The van der Waals surface area contributed by atoms with Crippen molar-refractivity contribution in [3.8, 4) is 16.5 Å². The van der Waals surface area contributed by atoms with Crippen molar-refractivity contribution in [1.29, 1.82) is 0 Å². The number of ether oxygens (including phenoxy) is 1. The van der Waals surface area contributed by atoms with E-state index in [-0.39, 0.29) is 29.9 Å². The van der Waals surface area contributed by atoms with Crippen LogP contribution in [-0.2, 0) is 6.18 Å². The molecule has 2 bridgehead atoms. The maximum Gasteiger partial charge on any atom is 0.417 e. The third kappa shape index (κ3) is 4.19. The number of hydrogen-bond donors (Lipinski definition) is 0. The number of piperidine rings is 2. The van der Waals surface area contributed by atoms with Gasteiger partial charge in [-0.25, -0.2) is 9.97 Å². The van der Waals surface area contributed by atoms with E-state index in [2.05, 4.69) is 15.0 Å². The molecule has 10 heteroatoms. The number of fused-ring (bicyclic) bond motifs is 3. The van der Waals surface area contributed by atoms with E-state index in [0.717, 1.165) is 47.7 Å². The van der Waals surface area contributed by atoms with Crippen molar-refractivity contribution >= 4 is 17.2 Å². The second kappa shape index (κ2) is 8.40. The highest BCUT2D eigenvalue weighted by molar-refractivity contribution is 7.13. The average molecular weight is 475 g/mol. The van der Waals surface area contributed by atoms with Gasteiger partial charge in [-0.3, -0.25) is 9.78 Å². The summed E-state index contributed by atoms with van der Waals surface area (Å²) in [5, 5.41) is 2.60. The Bertz CT molecular complexity index is 1150. The number of halogens is 3. The summed E-state index contributed by atoms with van der Waals surface area (Å²) in [6, 6.07) is 3.86. The van der Waals surface area contributed by atoms with Crippen molar-refractivity contribution in [2.24, 2.45) is 5.92 Å². The lowest BCUT2D eigenvalue weighted by molar-refractivity contribution is -0.137. The molecule has 33 heavy (non-hydrogen) atoms. The highest BCUT2D eigenvalue weighted by atomic mass is 32.1. The largest absolute Gasteiger partial charge is 0.472 e. The first-order valence-electron chi connectivity index (χ1n) is 10.7. The molecule has 3 aromatic rings. The minimum Gasteiger partial charge on any atom is -0.472 e. The molecule has 3 aliphatic rings. The van der Waals surface area contributed by atoms with Gasteiger partial charge in [0.05, 0.1) is 11.6 Å². The number of alkyl halides is 3. The van der Waals surface area contributed by atoms with Gasteiger partial charge in [0, 0.05) is 42.1 Å². The molecule has 1 aliphatic carbocycles. The Morgan fingerprint density at radius 2 is 2.00 bits per heavy atom. The van der Waals surface area contributed by atoms with Crippen LogP contribution in [-0.4, -0.2) is 44.4 Å². The van der Waals surface area contributed by atoms with Gasteiger partial charge in [-0.2, -0.15) is 13.2 Å². The van der Waals surface area contributed by atoms with Crippen LogP contribution < -0.4 is 4.74 Å². The van der Waals surface area contributed by atoms with Gasteiger partial charge in [0.15, 0.2) is 0 Å². The number of carbonyl (C=O) groups excluding carboxylic acids is 1. The Morgan fingerprint density at radius 3 is 2.67 bits per heavy atom. The Morgan fingerprint density at radius 1 is 1.15 bits per heavy atom. The molecular formula is C23H21F3N4O2S. The van der Waals surface area contributed by atoms with Crippen molar-refractivity contribution in [3.63, 3.8) is 0 Å². The number of thiazole rings is 1. The van der Waals surface area contributed by atoms with Crippen molar-refractivity contribution in [3.05, 3.63) is 59.0 Å². The van der Waals surface area contributed by atoms with Gasteiger partial charge in [-0.15, -0.1) is 11.3 Å². The van der Waals surface area contributed by atoms with Crippen LogP contribution >= 0.6 is 11.3 Å². The molecule has 2 saturated heterocycles. The molecule has 0 radical (unpaired) electrons. The second-order valence-electron chi connectivity index (χ2n) is 8.43. The zero-order valence-corrected chi connectivity index (χ0v) is 18.6. The summed E-state index contributed by atoms with van der Waals surface area (Å²) in [7, 11) is 0. The topological polar surface area (TPSA) is 68.2 Å². The van der Waals surface area contributed by atoms with Crippen LogP contribution in [0.15, 0.2) is 42.2 Å². The molecule has 1 saturated carbocycles. The van der Waals surface area contributed by atoms with Crippen LogP contribution in [0.2, 0.25) is 0 Å². The fourth-order valence-corrected chi connectivity index (χ4v) is 5.49. The summed E-state index contributed by atoms with van der Waals surface area (Å²) in [5.74, 6) is 0.212. The summed E-state index contributed by atoms with van der Waals surface area (Å²) in [6.07, 6.45) is 1.80. The molecule has 3 fully saturated rings. The number of aryl methyl sites for hydroxylation is 1. The molecule has 3 atom stereocenters. The van der Waals surface area contributed by atoms with Gasteiger partial charge in [0.2, 0.25) is 5.88 Å². The number of rotatable bonds is 4. The second-order valence-corrected chi connectivity index (χ2v) is 9.33. The fraction of sp³-hybridized carbons (Fsp3) is 0.391. The number of pyridine rings is 2. The molecule has 0 N–H and O–H groups in total. The van der Waals surface area contributed by atoms with E-state index in [9.17, 15) is 18.0 Å². The zero-order valence-electron chi connectivity index (χ0n) is 17.7. The number of nitrogens with zero attached hydrogens (tertiary/aromatic N) is 4. The molecule has 0 aromatic carbocycles. The first-order chi connectivity index (χ1) is 15.8. The predicted octanol–water partition coefficient (Wildman–Crippen LogP) is 5.00. The van der Waals surface area contributed by atoms with Crippen molar-refractivity contribution < 1.29 is 22.7 Å². The molecule has 1 amide bonds. The summed E-state index contributed by atoms with van der Waals surface area (Å²) < 4.78 is 44.5.